The Hall–Kier alpha value is -1.99. The highest BCUT2D eigenvalue weighted by molar-refractivity contribution is 7.48. The molecule has 1 aromatic rings. The lowest BCUT2D eigenvalue weighted by Crippen LogP contribution is -2.34. The number of hydrogen-bond donors (Lipinski definition) is 2. The lowest BCUT2D eigenvalue weighted by atomic mass is 10.2. The Morgan fingerprint density at radius 2 is 1.97 bits per heavy atom. The van der Waals surface area contributed by atoms with Gasteiger partial charge in [-0.25, -0.2) is 9.36 Å². The summed E-state index contributed by atoms with van der Waals surface area (Å²) in [4.78, 5) is 26.6. The van der Waals surface area contributed by atoms with Crippen LogP contribution in [0.4, 0.5) is 0 Å². The largest absolute Gasteiger partial charge is 0.481 e. The fourth-order valence-electron chi connectivity index (χ4n) is 3.58. The van der Waals surface area contributed by atoms with Crippen molar-refractivity contribution in [1.82, 2.24) is 9.55 Å². The van der Waals surface area contributed by atoms with E-state index >= 15 is 0 Å². The Kier molecular flexibility index (Phi) is 13.7. The van der Waals surface area contributed by atoms with Crippen molar-refractivity contribution in [3.05, 3.63) is 44.6 Å². The van der Waals surface area contributed by atoms with Crippen LogP contribution in [-0.4, -0.2) is 73.6 Å². The minimum atomic E-state index is -3.94. The van der Waals surface area contributed by atoms with E-state index in [9.17, 15) is 19.3 Å². The highest BCUT2D eigenvalue weighted by atomic mass is 31.2. The molecule has 1 saturated heterocycles. The maximum absolute atomic E-state index is 13.1. The molecule has 0 bridgehead atoms. The summed E-state index contributed by atoms with van der Waals surface area (Å²) in [6.45, 7) is 6.34. The third-order valence-electron chi connectivity index (χ3n) is 5.81. The molecule has 1 aromatic heterocycles. The number of aliphatic hydroxyl groups is 1. The Bertz CT molecular complexity index is 1040. The molecule has 5 atom stereocenters. The van der Waals surface area contributed by atoms with Gasteiger partial charge in [0.15, 0.2) is 0 Å². The van der Waals surface area contributed by atoms with E-state index in [1.54, 1.807) is 6.92 Å². The third-order valence-corrected chi connectivity index (χ3v) is 7.28. The van der Waals surface area contributed by atoms with Crippen LogP contribution in [0.25, 0.3) is 0 Å². The van der Waals surface area contributed by atoms with Crippen LogP contribution in [0.1, 0.15) is 57.7 Å². The van der Waals surface area contributed by atoms with E-state index in [0.29, 0.717) is 18.6 Å². The molecule has 14 heteroatoms. The number of methoxy groups -OCH3 is 1. The molecule has 38 heavy (non-hydrogen) atoms. The Morgan fingerprint density at radius 1 is 1.26 bits per heavy atom. The number of aryl methyl sites for hydroxylation is 1. The lowest BCUT2D eigenvalue weighted by molar-refractivity contribution is -0.0856. The SMILES string of the molecule is CCCCOCC(/C=C(\O)OC)OC[C@H]1O[C@@H](n2cc(C)c(=O)[nH]c2=O)C[C@@H]1OP(=O)(OC)OCCCC. The highest BCUT2D eigenvalue weighted by Crippen LogP contribution is 2.52. The maximum atomic E-state index is 13.1. The summed E-state index contributed by atoms with van der Waals surface area (Å²) in [5, 5.41) is 9.84. The molecule has 0 spiro atoms. The molecule has 0 amide bonds. The second kappa shape index (κ2) is 16.2. The standard InChI is InChI=1S/C24H41N2O11P/c1-6-8-10-33-15-18(12-22(27)31-4)34-16-20-19(37-38(30,32-5)35-11-9-7-2)13-21(36-20)26-14-17(3)23(28)25-24(26)29/h12,14,18-21,27H,6-11,13,15-16H2,1-5H3,(H,25,28,29)/b22-12+/t18?,19-,20+,21+,38?/m0/s1. The second-order valence-corrected chi connectivity index (χ2v) is 10.5. The molecule has 1 aliphatic heterocycles. The van der Waals surface area contributed by atoms with E-state index in [1.165, 1.54) is 31.1 Å². The molecule has 2 rings (SSSR count). The van der Waals surface area contributed by atoms with Crippen molar-refractivity contribution >= 4 is 7.82 Å². The summed E-state index contributed by atoms with van der Waals surface area (Å²) < 4.78 is 53.2. The molecular formula is C24H41N2O11P. The number of aromatic nitrogens is 2. The van der Waals surface area contributed by atoms with Gasteiger partial charge in [0.05, 0.1) is 26.9 Å². The molecule has 1 aliphatic rings. The zero-order chi connectivity index (χ0) is 28.1. The number of hydrogen-bond acceptors (Lipinski definition) is 11. The topological polar surface area (TPSA) is 157 Å². The van der Waals surface area contributed by atoms with Crippen LogP contribution in [0.5, 0.6) is 0 Å². The summed E-state index contributed by atoms with van der Waals surface area (Å²) >= 11 is 0. The van der Waals surface area contributed by atoms with Gasteiger partial charge in [-0.1, -0.05) is 26.7 Å². The van der Waals surface area contributed by atoms with E-state index in [-0.39, 0.29) is 32.2 Å². The van der Waals surface area contributed by atoms with Crippen molar-refractivity contribution in [1.29, 1.82) is 0 Å². The van der Waals surface area contributed by atoms with Crippen LogP contribution in [0.3, 0.4) is 0 Å². The highest BCUT2D eigenvalue weighted by Gasteiger charge is 2.43. The summed E-state index contributed by atoms with van der Waals surface area (Å²) in [7, 11) is -1.40. The Balaban J connectivity index is 2.24. The summed E-state index contributed by atoms with van der Waals surface area (Å²) in [6.07, 6.45) is 2.96. The van der Waals surface area contributed by atoms with Crippen molar-refractivity contribution in [3.63, 3.8) is 0 Å². The van der Waals surface area contributed by atoms with E-state index < -0.39 is 43.6 Å². The first-order valence-corrected chi connectivity index (χ1v) is 14.2. The smallest absolute Gasteiger partial charge is 0.474 e. The quantitative estimate of drug-likeness (QED) is 0.153. The molecular weight excluding hydrogens is 523 g/mol. The fourth-order valence-corrected chi connectivity index (χ4v) is 4.74. The molecule has 0 aliphatic carbocycles. The Morgan fingerprint density at radius 3 is 2.63 bits per heavy atom. The average Bonchev–Trinajstić information content (AvgIpc) is 3.28. The summed E-state index contributed by atoms with van der Waals surface area (Å²) in [5.41, 5.74) is -0.837. The van der Waals surface area contributed by atoms with Gasteiger partial charge in [-0.05, 0) is 19.8 Å². The molecule has 2 N–H and O–H groups in total. The Labute approximate surface area is 222 Å². The van der Waals surface area contributed by atoms with E-state index in [2.05, 4.69) is 4.98 Å². The third kappa shape index (κ3) is 9.96. The van der Waals surface area contributed by atoms with Crippen LogP contribution < -0.4 is 11.2 Å². The van der Waals surface area contributed by atoms with Gasteiger partial charge in [0.1, 0.15) is 24.5 Å². The number of H-pyrrole nitrogens is 1. The maximum Gasteiger partial charge on any atom is 0.474 e. The van der Waals surface area contributed by atoms with Gasteiger partial charge in [-0.15, -0.1) is 0 Å². The van der Waals surface area contributed by atoms with Gasteiger partial charge in [0.2, 0.25) is 0 Å². The van der Waals surface area contributed by atoms with E-state index in [4.69, 9.17) is 32.5 Å². The minimum Gasteiger partial charge on any atom is -0.481 e. The fraction of sp³-hybridized carbons (Fsp3) is 0.750. The molecule has 0 radical (unpaired) electrons. The van der Waals surface area contributed by atoms with Crippen molar-refractivity contribution in [2.45, 2.75) is 77.4 Å². The molecule has 0 saturated carbocycles. The van der Waals surface area contributed by atoms with Crippen LogP contribution in [0, 0.1) is 6.92 Å². The zero-order valence-electron chi connectivity index (χ0n) is 22.8. The number of ether oxygens (including phenoxy) is 4. The first-order chi connectivity index (χ1) is 18.2. The molecule has 2 heterocycles. The monoisotopic (exact) mass is 564 g/mol. The molecule has 13 nitrogen and oxygen atoms in total. The number of phosphoric ester groups is 1. The van der Waals surface area contributed by atoms with Gasteiger partial charge >= 0.3 is 13.5 Å². The number of aliphatic hydroxyl groups excluding tert-OH is 1. The second-order valence-electron chi connectivity index (χ2n) is 8.81. The van der Waals surface area contributed by atoms with Crippen LogP contribution in [0.2, 0.25) is 0 Å². The van der Waals surface area contributed by atoms with Gasteiger partial charge in [0.25, 0.3) is 11.5 Å². The van der Waals surface area contributed by atoms with Crippen LogP contribution in [0.15, 0.2) is 27.8 Å². The first kappa shape index (κ1) is 32.2. The van der Waals surface area contributed by atoms with Gasteiger partial charge in [-0.2, -0.15) is 0 Å². The molecule has 0 aromatic carbocycles. The van der Waals surface area contributed by atoms with Crippen LogP contribution >= 0.6 is 7.82 Å². The molecule has 1 fully saturated rings. The number of rotatable bonds is 18. The number of nitrogens with one attached hydrogen (secondary N) is 1. The first-order valence-electron chi connectivity index (χ1n) is 12.8. The predicted octanol–water partition coefficient (Wildman–Crippen LogP) is 3.34. The van der Waals surface area contributed by atoms with Gasteiger partial charge in [-0.3, -0.25) is 27.9 Å². The number of unbranched alkanes of at least 4 members (excludes halogenated alkanes) is 2. The minimum absolute atomic E-state index is 0.0772. The summed E-state index contributed by atoms with van der Waals surface area (Å²) in [6, 6.07) is 0. The molecule has 218 valence electrons. The zero-order valence-corrected chi connectivity index (χ0v) is 23.6. The van der Waals surface area contributed by atoms with Gasteiger partial charge < -0.3 is 24.1 Å². The van der Waals surface area contributed by atoms with Gasteiger partial charge in [0, 0.05) is 38.0 Å². The normalized spacial score (nSPS) is 22.3. The number of nitrogens with zero attached hydrogens (tertiary/aromatic N) is 1. The summed E-state index contributed by atoms with van der Waals surface area (Å²) in [5.74, 6) is -0.337. The van der Waals surface area contributed by atoms with Crippen molar-refractivity contribution in [2.75, 3.05) is 40.6 Å². The van der Waals surface area contributed by atoms with E-state index in [1.807, 2.05) is 13.8 Å². The number of phosphoric acid groups is 1. The lowest BCUT2D eigenvalue weighted by Gasteiger charge is -2.24. The van der Waals surface area contributed by atoms with Crippen molar-refractivity contribution < 1.29 is 42.2 Å². The van der Waals surface area contributed by atoms with Crippen molar-refractivity contribution in [2.24, 2.45) is 0 Å². The van der Waals surface area contributed by atoms with Crippen molar-refractivity contribution in [3.8, 4) is 0 Å². The van der Waals surface area contributed by atoms with Crippen LogP contribution in [-0.2, 0) is 37.1 Å². The average molecular weight is 565 g/mol. The molecule has 2 unspecified atom stereocenters. The predicted molar refractivity (Wildman–Crippen MR) is 138 cm³/mol. The number of aromatic amines is 1. The van der Waals surface area contributed by atoms with E-state index in [0.717, 1.165) is 19.3 Å².